The Balaban J connectivity index is 1.21. The van der Waals surface area contributed by atoms with E-state index in [1.807, 2.05) is 25.1 Å². The number of carbonyl (C=O) groups is 1. The van der Waals surface area contributed by atoms with Crippen LogP contribution in [0.25, 0.3) is 11.1 Å². The summed E-state index contributed by atoms with van der Waals surface area (Å²) in [6.07, 6.45) is -0.271. The van der Waals surface area contributed by atoms with E-state index in [0.29, 0.717) is 44.8 Å². The maximum absolute atomic E-state index is 13.0. The summed E-state index contributed by atoms with van der Waals surface area (Å²) in [7, 11) is -3.13. The molecule has 0 spiro atoms. The second-order valence-electron chi connectivity index (χ2n) is 11.8. The van der Waals surface area contributed by atoms with Gasteiger partial charge in [-0.25, -0.2) is 4.79 Å². The minimum absolute atomic E-state index is 0.0491. The van der Waals surface area contributed by atoms with Crippen LogP contribution in [0.2, 0.25) is 19.6 Å². The van der Waals surface area contributed by atoms with Crippen molar-refractivity contribution in [3.05, 3.63) is 88.5 Å². The SMILES string of the molecule is Cc1c(C#C[Si](C)(C)C)cc(B(O)O)cc1CN1CCN(C(=O)OCC2c3ccccc3-c3ccccc32)CC1. The summed E-state index contributed by atoms with van der Waals surface area (Å²) in [5.41, 5.74) is 11.6. The van der Waals surface area contributed by atoms with Crippen LogP contribution < -0.4 is 5.46 Å². The van der Waals surface area contributed by atoms with Gasteiger partial charge in [-0.1, -0.05) is 80.2 Å². The highest BCUT2D eigenvalue weighted by Gasteiger charge is 2.30. The zero-order valence-electron chi connectivity index (χ0n) is 23.8. The van der Waals surface area contributed by atoms with Crippen molar-refractivity contribution in [3.63, 3.8) is 0 Å². The molecule has 8 heteroatoms. The molecule has 0 unspecified atom stereocenters. The largest absolute Gasteiger partial charge is 0.488 e. The van der Waals surface area contributed by atoms with E-state index >= 15 is 0 Å². The number of hydrogen-bond acceptors (Lipinski definition) is 5. The molecule has 2 aliphatic rings. The number of piperazine rings is 1. The molecule has 1 heterocycles. The number of fused-ring (bicyclic) bond motifs is 3. The minimum atomic E-state index is -1.58. The van der Waals surface area contributed by atoms with Crippen LogP contribution in [-0.2, 0) is 11.3 Å². The van der Waals surface area contributed by atoms with Gasteiger partial charge >= 0.3 is 13.2 Å². The third-order valence-corrected chi connectivity index (χ3v) is 8.64. The Morgan fingerprint density at radius 1 is 0.975 bits per heavy atom. The Morgan fingerprint density at radius 3 is 2.15 bits per heavy atom. The van der Waals surface area contributed by atoms with E-state index in [1.165, 1.54) is 22.3 Å². The molecule has 2 N–H and O–H groups in total. The fourth-order valence-corrected chi connectivity index (χ4v) is 6.02. The van der Waals surface area contributed by atoms with Crippen LogP contribution in [0.4, 0.5) is 4.79 Å². The normalized spacial score (nSPS) is 15.2. The first-order valence-corrected chi connectivity index (χ1v) is 17.5. The Hall–Kier alpha value is -3.35. The van der Waals surface area contributed by atoms with Crippen LogP contribution in [-0.4, -0.2) is 73.9 Å². The topological polar surface area (TPSA) is 73.2 Å². The van der Waals surface area contributed by atoms with E-state index in [-0.39, 0.29) is 12.0 Å². The van der Waals surface area contributed by atoms with Gasteiger partial charge in [0.15, 0.2) is 0 Å². The first-order chi connectivity index (χ1) is 19.1. The Morgan fingerprint density at radius 2 is 1.57 bits per heavy atom. The lowest BCUT2D eigenvalue weighted by Crippen LogP contribution is -2.48. The van der Waals surface area contributed by atoms with Gasteiger partial charge in [0.05, 0.1) is 0 Å². The summed E-state index contributed by atoms with van der Waals surface area (Å²) in [5.74, 6) is 3.35. The summed E-state index contributed by atoms with van der Waals surface area (Å²) in [5, 5.41) is 19.8. The summed E-state index contributed by atoms with van der Waals surface area (Å²) >= 11 is 0. The van der Waals surface area contributed by atoms with E-state index in [2.05, 4.69) is 72.4 Å². The van der Waals surface area contributed by atoms with Gasteiger partial charge in [-0.05, 0) is 51.8 Å². The molecule has 3 aromatic rings. The summed E-state index contributed by atoms with van der Waals surface area (Å²) < 4.78 is 5.86. The molecule has 1 aliphatic carbocycles. The molecule has 1 aliphatic heterocycles. The number of amides is 1. The predicted molar refractivity (Wildman–Crippen MR) is 163 cm³/mol. The van der Waals surface area contributed by atoms with Crippen LogP contribution in [0.5, 0.6) is 0 Å². The molecule has 1 fully saturated rings. The molecule has 0 saturated carbocycles. The van der Waals surface area contributed by atoms with Crippen molar-refractivity contribution in [2.24, 2.45) is 0 Å². The molecule has 1 saturated heterocycles. The second-order valence-corrected chi connectivity index (χ2v) is 16.5. The van der Waals surface area contributed by atoms with E-state index < -0.39 is 15.2 Å². The number of ether oxygens (including phenoxy) is 1. The minimum Gasteiger partial charge on any atom is -0.448 e. The van der Waals surface area contributed by atoms with Crippen LogP contribution in [0.1, 0.15) is 33.7 Å². The lowest BCUT2D eigenvalue weighted by Gasteiger charge is -2.34. The molecule has 0 bridgehead atoms. The van der Waals surface area contributed by atoms with Gasteiger partial charge in [0.1, 0.15) is 14.7 Å². The molecule has 3 aromatic carbocycles. The van der Waals surface area contributed by atoms with Gasteiger partial charge in [0, 0.05) is 44.2 Å². The van der Waals surface area contributed by atoms with E-state index in [9.17, 15) is 14.8 Å². The van der Waals surface area contributed by atoms with Gasteiger partial charge in [0.2, 0.25) is 0 Å². The van der Waals surface area contributed by atoms with Crippen LogP contribution >= 0.6 is 0 Å². The maximum atomic E-state index is 13.0. The molecule has 0 radical (unpaired) electrons. The molecule has 5 rings (SSSR count). The summed E-state index contributed by atoms with van der Waals surface area (Å²) in [6, 6.07) is 20.3. The quantitative estimate of drug-likeness (QED) is 0.370. The van der Waals surface area contributed by atoms with Gasteiger partial charge < -0.3 is 19.7 Å². The third kappa shape index (κ3) is 6.19. The third-order valence-electron chi connectivity index (χ3n) is 7.77. The second kappa shape index (κ2) is 11.6. The van der Waals surface area contributed by atoms with Crippen molar-refractivity contribution in [2.75, 3.05) is 32.8 Å². The van der Waals surface area contributed by atoms with Gasteiger partial charge in [0.25, 0.3) is 0 Å². The predicted octanol–water partition coefficient (Wildman–Crippen LogP) is 3.97. The van der Waals surface area contributed by atoms with Crippen molar-refractivity contribution in [2.45, 2.75) is 39.0 Å². The first-order valence-electron chi connectivity index (χ1n) is 14.0. The average Bonchev–Trinajstić information content (AvgIpc) is 3.25. The number of rotatable bonds is 5. The number of nitrogens with zero attached hydrogens (tertiary/aromatic N) is 2. The van der Waals surface area contributed by atoms with E-state index in [4.69, 9.17) is 4.74 Å². The van der Waals surface area contributed by atoms with E-state index in [0.717, 1.165) is 16.7 Å². The fraction of sp³-hybridized carbons (Fsp3) is 0.344. The van der Waals surface area contributed by atoms with Crippen molar-refractivity contribution < 1.29 is 19.6 Å². The lowest BCUT2D eigenvalue weighted by atomic mass is 9.77. The van der Waals surface area contributed by atoms with Crippen molar-refractivity contribution >= 4 is 26.7 Å². The van der Waals surface area contributed by atoms with Crippen molar-refractivity contribution in [3.8, 4) is 22.6 Å². The molecule has 1 amide bonds. The number of carbonyl (C=O) groups excluding carboxylic acids is 1. The maximum Gasteiger partial charge on any atom is 0.488 e. The Labute approximate surface area is 238 Å². The molecule has 0 atom stereocenters. The zero-order valence-corrected chi connectivity index (χ0v) is 24.8. The smallest absolute Gasteiger partial charge is 0.448 e. The van der Waals surface area contributed by atoms with Gasteiger partial charge in [-0.3, -0.25) is 4.90 Å². The molecule has 40 heavy (non-hydrogen) atoms. The molecule has 206 valence electrons. The van der Waals surface area contributed by atoms with Crippen LogP contribution in [0, 0.1) is 18.4 Å². The molecule has 0 aromatic heterocycles. The zero-order chi connectivity index (χ0) is 28.4. The molecular formula is C32H37BN2O4Si. The van der Waals surface area contributed by atoms with Gasteiger partial charge in [-0.2, -0.15) is 0 Å². The lowest BCUT2D eigenvalue weighted by molar-refractivity contribution is 0.0728. The average molecular weight is 553 g/mol. The van der Waals surface area contributed by atoms with Crippen molar-refractivity contribution in [1.29, 1.82) is 0 Å². The molecular weight excluding hydrogens is 515 g/mol. The monoisotopic (exact) mass is 552 g/mol. The Kier molecular flexibility index (Phi) is 8.20. The van der Waals surface area contributed by atoms with E-state index in [1.54, 1.807) is 11.0 Å². The highest BCUT2D eigenvalue weighted by Crippen LogP contribution is 2.44. The summed E-state index contributed by atoms with van der Waals surface area (Å²) in [4.78, 5) is 17.1. The van der Waals surface area contributed by atoms with Crippen LogP contribution in [0.3, 0.4) is 0 Å². The van der Waals surface area contributed by atoms with Gasteiger partial charge in [-0.15, -0.1) is 5.54 Å². The number of hydrogen-bond donors (Lipinski definition) is 2. The Bertz CT molecular complexity index is 1420. The highest BCUT2D eigenvalue weighted by molar-refractivity contribution is 6.83. The first kappa shape index (κ1) is 28.2. The fourth-order valence-electron chi connectivity index (χ4n) is 5.51. The van der Waals surface area contributed by atoms with Crippen LogP contribution in [0.15, 0.2) is 60.7 Å². The highest BCUT2D eigenvalue weighted by atomic mass is 28.3. The van der Waals surface area contributed by atoms with Crippen molar-refractivity contribution in [1.82, 2.24) is 9.80 Å². The summed E-state index contributed by atoms with van der Waals surface area (Å²) in [6.45, 7) is 12.2. The number of benzene rings is 3. The molecule has 6 nitrogen and oxygen atoms in total. The standard InChI is InChI=1S/C32H37BN2O4Si/c1-23-24(13-18-40(2,3)4)19-26(33(37)38)20-25(23)21-34-14-16-35(17-15-34)32(36)39-22-31-29-11-7-5-9-27(29)28-10-6-8-12-30(28)31/h5-12,19-20,31,37-38H,14-17,21-22H2,1-4H3.